The number of ether oxygens (including phenoxy) is 1. The molecule has 0 bridgehead atoms. The Labute approximate surface area is 124 Å². The Kier molecular flexibility index (Phi) is 3.53. The number of hydrogen-bond donors (Lipinski definition) is 0. The van der Waals surface area contributed by atoms with Crippen molar-refractivity contribution in [3.05, 3.63) is 41.5 Å². The molecule has 0 unspecified atom stereocenters. The Balaban J connectivity index is 1.93. The van der Waals surface area contributed by atoms with Gasteiger partial charge in [-0.25, -0.2) is 0 Å². The first-order chi connectivity index (χ1) is 10.1. The first-order valence-corrected chi connectivity index (χ1v) is 7.37. The van der Waals surface area contributed by atoms with Crippen molar-refractivity contribution in [2.24, 2.45) is 5.92 Å². The van der Waals surface area contributed by atoms with E-state index in [2.05, 4.69) is 19.9 Å². The lowest BCUT2D eigenvalue weighted by molar-refractivity contribution is -0.139. The molecule has 0 N–H and O–H groups in total. The highest BCUT2D eigenvalue weighted by atomic mass is 16.5. The third kappa shape index (κ3) is 2.46. The zero-order chi connectivity index (χ0) is 15.0. The first-order valence-electron chi connectivity index (χ1n) is 7.37. The van der Waals surface area contributed by atoms with Gasteiger partial charge in [0.25, 0.3) is 11.8 Å². The van der Waals surface area contributed by atoms with E-state index in [4.69, 9.17) is 4.74 Å². The molecule has 21 heavy (non-hydrogen) atoms. The molecule has 1 aliphatic heterocycles. The second-order valence-electron chi connectivity index (χ2n) is 5.97. The molecule has 1 aromatic rings. The number of amides is 2. The molecule has 1 atom stereocenters. The minimum absolute atomic E-state index is 0.196. The lowest BCUT2D eigenvalue weighted by atomic mass is 10.1. The van der Waals surface area contributed by atoms with Gasteiger partial charge in [0.15, 0.2) is 0 Å². The smallest absolute Gasteiger partial charge is 0.254 e. The average Bonchev–Trinajstić information content (AvgIpc) is 3.00. The van der Waals surface area contributed by atoms with E-state index in [1.807, 2.05) is 12.1 Å². The van der Waals surface area contributed by atoms with Gasteiger partial charge >= 0.3 is 0 Å². The van der Waals surface area contributed by atoms with Gasteiger partial charge in [-0.05, 0) is 30.4 Å². The van der Waals surface area contributed by atoms with E-state index in [0.29, 0.717) is 12.5 Å². The highest BCUT2D eigenvalue weighted by molar-refractivity contribution is 6.13. The number of fused-ring (bicyclic) bond motifs is 1. The van der Waals surface area contributed by atoms with Crippen LogP contribution in [0.5, 0.6) is 5.75 Å². The molecule has 1 aromatic carbocycles. The Morgan fingerprint density at radius 1 is 1.24 bits per heavy atom. The molecular weight excluding hydrogens is 266 g/mol. The number of aryl methyl sites for hydroxylation is 1. The number of carbonyl (C=O) groups is 2. The fraction of sp³-hybridized carbons (Fsp3) is 0.412. The third-order valence-electron chi connectivity index (χ3n) is 3.90. The number of rotatable bonds is 4. The lowest BCUT2D eigenvalue weighted by Crippen LogP contribution is -2.33. The van der Waals surface area contributed by atoms with Crippen LogP contribution in [0.1, 0.15) is 37.4 Å². The van der Waals surface area contributed by atoms with Crippen LogP contribution in [0, 0.1) is 5.92 Å². The Morgan fingerprint density at radius 3 is 2.62 bits per heavy atom. The molecule has 0 saturated carbocycles. The normalized spacial score (nSPS) is 20.5. The van der Waals surface area contributed by atoms with Gasteiger partial charge in [0.2, 0.25) is 0 Å². The highest BCUT2D eigenvalue weighted by Crippen LogP contribution is 2.42. The van der Waals surface area contributed by atoms with E-state index in [0.717, 1.165) is 24.2 Å². The number of benzene rings is 1. The maximum absolute atomic E-state index is 11.9. The van der Waals surface area contributed by atoms with Gasteiger partial charge in [0, 0.05) is 17.7 Å². The molecule has 110 valence electrons. The van der Waals surface area contributed by atoms with Crippen LogP contribution >= 0.6 is 0 Å². The summed E-state index contributed by atoms with van der Waals surface area (Å²) in [5, 5.41) is 0. The molecule has 0 fully saturated rings. The fourth-order valence-electron chi connectivity index (χ4n) is 2.98. The number of hydrogen-bond acceptors (Lipinski definition) is 3. The van der Waals surface area contributed by atoms with Gasteiger partial charge < -0.3 is 4.74 Å². The van der Waals surface area contributed by atoms with E-state index in [9.17, 15) is 9.59 Å². The molecule has 0 aromatic heterocycles. The van der Waals surface area contributed by atoms with Crippen LogP contribution in [0.2, 0.25) is 0 Å². The van der Waals surface area contributed by atoms with Crippen LogP contribution in [-0.4, -0.2) is 23.3 Å². The molecule has 4 nitrogen and oxygen atoms in total. The van der Waals surface area contributed by atoms with E-state index >= 15 is 0 Å². The summed E-state index contributed by atoms with van der Waals surface area (Å²) in [5.41, 5.74) is 2.18. The van der Waals surface area contributed by atoms with E-state index in [1.165, 1.54) is 22.6 Å². The number of nitrogens with zero attached hydrogens (tertiary/aromatic N) is 1. The van der Waals surface area contributed by atoms with Crippen LogP contribution in [0.25, 0.3) is 0 Å². The van der Waals surface area contributed by atoms with Crippen molar-refractivity contribution < 1.29 is 14.3 Å². The Morgan fingerprint density at radius 2 is 1.95 bits per heavy atom. The SMILES string of the molecule is CC(C)COc1cccc2c1[C@@H](N1C(=O)C=CC1=O)CC2. The molecule has 0 spiro atoms. The van der Waals surface area contributed by atoms with Crippen molar-refractivity contribution in [3.63, 3.8) is 0 Å². The van der Waals surface area contributed by atoms with Crippen LogP contribution in [0.4, 0.5) is 0 Å². The first kappa shape index (κ1) is 13.9. The maximum atomic E-state index is 11.9. The molecule has 0 radical (unpaired) electrons. The summed E-state index contributed by atoms with van der Waals surface area (Å²) in [5.74, 6) is 0.779. The van der Waals surface area contributed by atoms with Crippen molar-refractivity contribution in [3.8, 4) is 5.75 Å². The highest BCUT2D eigenvalue weighted by Gasteiger charge is 2.37. The van der Waals surface area contributed by atoms with Gasteiger partial charge in [-0.3, -0.25) is 14.5 Å². The molecular formula is C17H19NO3. The van der Waals surface area contributed by atoms with Crippen molar-refractivity contribution >= 4 is 11.8 Å². The molecule has 2 amide bonds. The van der Waals surface area contributed by atoms with Crippen LogP contribution in [-0.2, 0) is 16.0 Å². The molecule has 4 heteroatoms. The Hall–Kier alpha value is -2.10. The summed E-state index contributed by atoms with van der Waals surface area (Å²) < 4.78 is 5.90. The second kappa shape index (κ2) is 5.35. The van der Waals surface area contributed by atoms with Gasteiger partial charge in [-0.15, -0.1) is 0 Å². The lowest BCUT2D eigenvalue weighted by Gasteiger charge is -2.25. The standard InChI is InChI=1S/C17H19NO3/c1-11(2)10-21-14-5-3-4-12-6-7-13(17(12)14)18-15(19)8-9-16(18)20/h3-5,8-9,11,13H,6-7,10H2,1-2H3/t13-/m0/s1. The van der Waals surface area contributed by atoms with Gasteiger partial charge in [0.1, 0.15) is 5.75 Å². The van der Waals surface area contributed by atoms with Crippen LogP contribution in [0.3, 0.4) is 0 Å². The van der Waals surface area contributed by atoms with E-state index in [1.54, 1.807) is 0 Å². The molecule has 1 aliphatic carbocycles. The van der Waals surface area contributed by atoms with Gasteiger partial charge in [-0.1, -0.05) is 26.0 Å². The monoisotopic (exact) mass is 285 g/mol. The topological polar surface area (TPSA) is 46.6 Å². The summed E-state index contributed by atoms with van der Waals surface area (Å²) >= 11 is 0. The minimum Gasteiger partial charge on any atom is -0.493 e. The largest absolute Gasteiger partial charge is 0.493 e. The Bertz CT molecular complexity index is 600. The van der Waals surface area contributed by atoms with Crippen LogP contribution in [0.15, 0.2) is 30.4 Å². The maximum Gasteiger partial charge on any atom is 0.254 e. The zero-order valence-corrected chi connectivity index (χ0v) is 12.3. The molecule has 2 aliphatic rings. The van der Waals surface area contributed by atoms with E-state index in [-0.39, 0.29) is 17.9 Å². The quantitative estimate of drug-likeness (QED) is 0.799. The summed E-state index contributed by atoms with van der Waals surface area (Å²) in [6.07, 6.45) is 4.34. The molecule has 3 rings (SSSR count). The predicted octanol–water partition coefficient (Wildman–Crippen LogP) is 2.63. The summed E-state index contributed by atoms with van der Waals surface area (Å²) in [6.45, 7) is 4.82. The molecule has 1 heterocycles. The molecule has 0 saturated heterocycles. The average molecular weight is 285 g/mol. The third-order valence-corrected chi connectivity index (χ3v) is 3.90. The second-order valence-corrected chi connectivity index (χ2v) is 5.97. The predicted molar refractivity (Wildman–Crippen MR) is 78.8 cm³/mol. The van der Waals surface area contributed by atoms with Crippen LogP contribution < -0.4 is 4.74 Å². The minimum atomic E-state index is -0.225. The summed E-state index contributed by atoms with van der Waals surface area (Å²) in [6, 6.07) is 5.76. The van der Waals surface area contributed by atoms with E-state index < -0.39 is 0 Å². The number of carbonyl (C=O) groups excluding carboxylic acids is 2. The van der Waals surface area contributed by atoms with Crippen molar-refractivity contribution in [1.29, 1.82) is 0 Å². The van der Waals surface area contributed by atoms with Crippen molar-refractivity contribution in [1.82, 2.24) is 4.90 Å². The summed E-state index contributed by atoms with van der Waals surface area (Å²) in [7, 11) is 0. The van der Waals surface area contributed by atoms with Crippen molar-refractivity contribution in [2.75, 3.05) is 6.61 Å². The van der Waals surface area contributed by atoms with Gasteiger partial charge in [-0.2, -0.15) is 0 Å². The summed E-state index contributed by atoms with van der Waals surface area (Å²) in [4.78, 5) is 25.2. The number of imide groups is 1. The zero-order valence-electron chi connectivity index (χ0n) is 12.3. The van der Waals surface area contributed by atoms with Gasteiger partial charge in [0.05, 0.1) is 12.6 Å². The fourth-order valence-corrected chi connectivity index (χ4v) is 2.98. The van der Waals surface area contributed by atoms with Crippen molar-refractivity contribution in [2.45, 2.75) is 32.7 Å².